The number of benzene rings is 2. The Morgan fingerprint density at radius 3 is 2.85 bits per heavy atom. The molecule has 0 spiro atoms. The van der Waals surface area contributed by atoms with Crippen LogP contribution in [0.4, 0.5) is 0 Å². The fraction of sp³-hybridized carbons (Fsp3) is 0.176. The smallest absolute Gasteiger partial charge is 0.123 e. The second-order valence-corrected chi connectivity index (χ2v) is 4.81. The summed E-state index contributed by atoms with van der Waals surface area (Å²) in [5, 5.41) is 4.71. The van der Waals surface area contributed by atoms with Gasteiger partial charge in [0.25, 0.3) is 0 Å². The minimum absolute atomic E-state index is 0.801. The van der Waals surface area contributed by atoms with Crippen LogP contribution in [0.2, 0.25) is 0 Å². The lowest BCUT2D eigenvalue weighted by atomic mass is 10.1. The lowest BCUT2D eigenvalue weighted by molar-refractivity contribution is 0.407. The Hall–Kier alpha value is -2.26. The molecule has 3 rings (SSSR count). The molecule has 1 heterocycles. The van der Waals surface area contributed by atoms with E-state index < -0.39 is 0 Å². The summed E-state index contributed by atoms with van der Waals surface area (Å²) in [5.74, 6) is 0.932. The number of H-pyrrole nitrogens is 1. The number of methoxy groups -OCH3 is 1. The average Bonchev–Trinajstić information content (AvgIpc) is 2.95. The van der Waals surface area contributed by atoms with Crippen LogP contribution < -0.4 is 10.1 Å². The van der Waals surface area contributed by atoms with Crippen molar-refractivity contribution in [2.24, 2.45) is 0 Å². The molecule has 0 aliphatic rings. The SMILES string of the molecule is COc1ccccc1CNCc1ccc2[nH]ccc2c1. The highest BCUT2D eigenvalue weighted by Crippen LogP contribution is 2.17. The Morgan fingerprint density at radius 1 is 1.05 bits per heavy atom. The van der Waals surface area contributed by atoms with Crippen LogP contribution in [0.3, 0.4) is 0 Å². The topological polar surface area (TPSA) is 37.0 Å². The van der Waals surface area contributed by atoms with Crippen molar-refractivity contribution >= 4 is 10.9 Å². The van der Waals surface area contributed by atoms with Crippen LogP contribution in [-0.4, -0.2) is 12.1 Å². The minimum atomic E-state index is 0.801. The molecule has 20 heavy (non-hydrogen) atoms. The number of para-hydroxylation sites is 1. The van der Waals surface area contributed by atoms with E-state index in [0.717, 1.165) is 18.8 Å². The van der Waals surface area contributed by atoms with Crippen molar-refractivity contribution in [2.75, 3.05) is 7.11 Å². The highest BCUT2D eigenvalue weighted by molar-refractivity contribution is 5.79. The fourth-order valence-corrected chi connectivity index (χ4v) is 2.40. The van der Waals surface area contributed by atoms with Gasteiger partial charge in [0.05, 0.1) is 7.11 Å². The molecule has 2 aromatic carbocycles. The van der Waals surface area contributed by atoms with Gasteiger partial charge in [-0.2, -0.15) is 0 Å². The van der Waals surface area contributed by atoms with E-state index in [9.17, 15) is 0 Å². The van der Waals surface area contributed by atoms with Crippen LogP contribution in [0.1, 0.15) is 11.1 Å². The first-order valence-corrected chi connectivity index (χ1v) is 6.75. The third kappa shape index (κ3) is 2.68. The summed E-state index contributed by atoms with van der Waals surface area (Å²) >= 11 is 0. The third-order valence-electron chi connectivity index (χ3n) is 3.45. The Bertz CT molecular complexity index is 703. The van der Waals surface area contributed by atoms with Crippen molar-refractivity contribution in [1.82, 2.24) is 10.3 Å². The standard InChI is InChI=1S/C17H18N2O/c1-20-17-5-3-2-4-15(17)12-18-11-13-6-7-16-14(10-13)8-9-19-16/h2-10,18-19H,11-12H2,1H3. The van der Waals surface area contributed by atoms with Crippen LogP contribution in [0.15, 0.2) is 54.7 Å². The Labute approximate surface area is 118 Å². The molecular weight excluding hydrogens is 248 g/mol. The van der Waals surface area contributed by atoms with Gasteiger partial charge in [-0.05, 0) is 35.2 Å². The maximum Gasteiger partial charge on any atom is 0.123 e. The average molecular weight is 266 g/mol. The van der Waals surface area contributed by atoms with Crippen molar-refractivity contribution in [3.8, 4) is 5.75 Å². The molecule has 0 radical (unpaired) electrons. The molecule has 0 atom stereocenters. The van der Waals surface area contributed by atoms with Gasteiger partial charge in [-0.25, -0.2) is 0 Å². The Balaban J connectivity index is 1.64. The van der Waals surface area contributed by atoms with Crippen molar-refractivity contribution < 1.29 is 4.74 Å². The van der Waals surface area contributed by atoms with E-state index in [2.05, 4.69) is 40.6 Å². The first kappa shape index (κ1) is 12.8. The lowest BCUT2D eigenvalue weighted by Crippen LogP contribution is -2.13. The highest BCUT2D eigenvalue weighted by Gasteiger charge is 2.01. The molecule has 2 N–H and O–H groups in total. The summed E-state index contributed by atoms with van der Waals surface area (Å²) in [5.41, 5.74) is 3.64. The molecule has 3 nitrogen and oxygen atoms in total. The van der Waals surface area contributed by atoms with E-state index in [1.165, 1.54) is 22.0 Å². The van der Waals surface area contributed by atoms with Crippen molar-refractivity contribution in [1.29, 1.82) is 0 Å². The Kier molecular flexibility index (Phi) is 3.70. The number of aromatic nitrogens is 1. The molecule has 0 aliphatic carbocycles. The molecule has 0 unspecified atom stereocenters. The van der Waals surface area contributed by atoms with Gasteiger partial charge < -0.3 is 15.0 Å². The summed E-state index contributed by atoms with van der Waals surface area (Å²) in [6.07, 6.45) is 1.97. The second-order valence-electron chi connectivity index (χ2n) is 4.81. The lowest BCUT2D eigenvalue weighted by Gasteiger charge is -2.09. The number of rotatable bonds is 5. The van der Waals surface area contributed by atoms with Gasteiger partial charge in [0.1, 0.15) is 5.75 Å². The van der Waals surface area contributed by atoms with E-state index in [0.29, 0.717) is 0 Å². The van der Waals surface area contributed by atoms with Crippen molar-refractivity contribution in [2.45, 2.75) is 13.1 Å². The van der Waals surface area contributed by atoms with E-state index in [1.54, 1.807) is 7.11 Å². The molecule has 0 fully saturated rings. The number of aromatic amines is 1. The third-order valence-corrected chi connectivity index (χ3v) is 3.45. The van der Waals surface area contributed by atoms with Gasteiger partial charge in [0, 0.05) is 30.4 Å². The quantitative estimate of drug-likeness (QED) is 0.742. The molecule has 102 valence electrons. The molecule has 0 saturated carbocycles. The summed E-state index contributed by atoms with van der Waals surface area (Å²) in [6, 6.07) is 16.7. The second kappa shape index (κ2) is 5.80. The molecule has 3 heteroatoms. The van der Waals surface area contributed by atoms with Crippen LogP contribution in [0.25, 0.3) is 10.9 Å². The Morgan fingerprint density at radius 2 is 1.95 bits per heavy atom. The van der Waals surface area contributed by atoms with Crippen molar-refractivity contribution in [3.05, 3.63) is 65.9 Å². The van der Waals surface area contributed by atoms with Crippen LogP contribution >= 0.6 is 0 Å². The van der Waals surface area contributed by atoms with Crippen LogP contribution in [0.5, 0.6) is 5.75 Å². The number of nitrogens with one attached hydrogen (secondary N) is 2. The van der Waals surface area contributed by atoms with E-state index in [1.807, 2.05) is 24.4 Å². The normalized spacial score (nSPS) is 10.8. The predicted octanol–water partition coefficient (Wildman–Crippen LogP) is 3.47. The number of fused-ring (bicyclic) bond motifs is 1. The van der Waals surface area contributed by atoms with Crippen LogP contribution in [0, 0.1) is 0 Å². The number of hydrogen-bond donors (Lipinski definition) is 2. The van der Waals surface area contributed by atoms with Crippen molar-refractivity contribution in [3.63, 3.8) is 0 Å². The number of hydrogen-bond acceptors (Lipinski definition) is 2. The van der Waals surface area contributed by atoms with E-state index in [-0.39, 0.29) is 0 Å². The predicted molar refractivity (Wildman–Crippen MR) is 81.8 cm³/mol. The van der Waals surface area contributed by atoms with Gasteiger partial charge in [-0.15, -0.1) is 0 Å². The summed E-state index contributed by atoms with van der Waals surface area (Å²) < 4.78 is 5.35. The maximum atomic E-state index is 5.35. The first-order valence-electron chi connectivity index (χ1n) is 6.75. The molecule has 1 aromatic heterocycles. The zero-order valence-corrected chi connectivity index (χ0v) is 11.5. The summed E-state index contributed by atoms with van der Waals surface area (Å²) in [6.45, 7) is 1.65. The molecule has 0 amide bonds. The zero-order valence-electron chi connectivity index (χ0n) is 11.5. The van der Waals surface area contributed by atoms with Gasteiger partial charge in [-0.3, -0.25) is 0 Å². The molecule has 0 saturated heterocycles. The summed E-state index contributed by atoms with van der Waals surface area (Å²) in [7, 11) is 1.71. The summed E-state index contributed by atoms with van der Waals surface area (Å²) in [4.78, 5) is 3.21. The van der Waals surface area contributed by atoms with E-state index in [4.69, 9.17) is 4.74 Å². The molecular formula is C17H18N2O. The van der Waals surface area contributed by atoms with E-state index >= 15 is 0 Å². The van der Waals surface area contributed by atoms with Crippen LogP contribution in [-0.2, 0) is 13.1 Å². The monoisotopic (exact) mass is 266 g/mol. The minimum Gasteiger partial charge on any atom is -0.496 e. The van der Waals surface area contributed by atoms with Gasteiger partial charge in [-0.1, -0.05) is 24.3 Å². The van der Waals surface area contributed by atoms with Gasteiger partial charge in [0.2, 0.25) is 0 Å². The largest absolute Gasteiger partial charge is 0.496 e. The molecule has 3 aromatic rings. The highest BCUT2D eigenvalue weighted by atomic mass is 16.5. The maximum absolute atomic E-state index is 5.35. The van der Waals surface area contributed by atoms with Gasteiger partial charge >= 0.3 is 0 Å². The number of ether oxygens (including phenoxy) is 1. The fourth-order valence-electron chi connectivity index (χ4n) is 2.40. The first-order chi connectivity index (χ1) is 9.86. The molecule has 0 aliphatic heterocycles. The molecule has 0 bridgehead atoms. The zero-order chi connectivity index (χ0) is 13.8. The van der Waals surface area contributed by atoms with Gasteiger partial charge in [0.15, 0.2) is 0 Å².